The maximum atomic E-state index is 13.6. The Balaban J connectivity index is 1.45. The number of fused-ring (bicyclic) bond motifs is 4. The van der Waals surface area contributed by atoms with Gasteiger partial charge in [0, 0.05) is 36.3 Å². The quantitative estimate of drug-likeness (QED) is 0.804. The monoisotopic (exact) mass is 378 g/mol. The molecule has 0 N–H and O–H groups in total. The van der Waals surface area contributed by atoms with Crippen LogP contribution < -0.4 is 14.4 Å². The van der Waals surface area contributed by atoms with E-state index in [1.54, 1.807) is 7.11 Å². The number of para-hydroxylation sites is 1. The molecular weight excluding hydrogens is 352 g/mol. The van der Waals surface area contributed by atoms with Crippen LogP contribution in [-0.4, -0.2) is 44.7 Å². The van der Waals surface area contributed by atoms with E-state index in [4.69, 9.17) is 9.47 Å². The number of amides is 1. The molecule has 1 amide bonds. The van der Waals surface area contributed by atoms with Crippen LogP contribution >= 0.6 is 0 Å². The lowest BCUT2D eigenvalue weighted by Gasteiger charge is -2.35. The van der Waals surface area contributed by atoms with Gasteiger partial charge in [-0.05, 0) is 49.7 Å². The molecule has 3 heterocycles. The highest BCUT2D eigenvalue weighted by atomic mass is 16.5. The average molecular weight is 378 g/mol. The second kappa shape index (κ2) is 6.82. The van der Waals surface area contributed by atoms with Crippen molar-refractivity contribution in [2.75, 3.05) is 38.8 Å². The minimum absolute atomic E-state index is 0.0450. The van der Waals surface area contributed by atoms with Gasteiger partial charge in [0.1, 0.15) is 11.5 Å². The first-order chi connectivity index (χ1) is 13.7. The van der Waals surface area contributed by atoms with Crippen LogP contribution in [-0.2, 0) is 11.2 Å². The lowest BCUT2D eigenvalue weighted by Crippen LogP contribution is -2.43. The van der Waals surface area contributed by atoms with Crippen molar-refractivity contribution in [1.82, 2.24) is 4.90 Å². The zero-order valence-electron chi connectivity index (χ0n) is 16.4. The van der Waals surface area contributed by atoms with Crippen LogP contribution in [0.2, 0.25) is 0 Å². The van der Waals surface area contributed by atoms with E-state index in [0.717, 1.165) is 43.1 Å². The molecule has 1 fully saturated rings. The molecule has 3 aliphatic rings. The molecule has 3 atom stereocenters. The predicted molar refractivity (Wildman–Crippen MR) is 108 cm³/mol. The summed E-state index contributed by atoms with van der Waals surface area (Å²) in [6.07, 6.45) is 1.98. The van der Waals surface area contributed by atoms with Crippen molar-refractivity contribution in [1.29, 1.82) is 0 Å². The normalized spacial score (nSPS) is 26.1. The summed E-state index contributed by atoms with van der Waals surface area (Å²) in [6.45, 7) is 2.16. The van der Waals surface area contributed by atoms with E-state index in [9.17, 15) is 4.79 Å². The van der Waals surface area contributed by atoms with Gasteiger partial charge in [0.05, 0.1) is 19.6 Å². The molecule has 0 bridgehead atoms. The molecule has 1 saturated heterocycles. The lowest BCUT2D eigenvalue weighted by atomic mass is 9.84. The van der Waals surface area contributed by atoms with E-state index in [1.807, 2.05) is 29.2 Å². The minimum atomic E-state index is -0.0450. The van der Waals surface area contributed by atoms with E-state index in [0.29, 0.717) is 6.61 Å². The molecule has 0 saturated carbocycles. The van der Waals surface area contributed by atoms with Crippen molar-refractivity contribution >= 4 is 11.6 Å². The van der Waals surface area contributed by atoms with Crippen molar-refractivity contribution in [3.63, 3.8) is 0 Å². The molecule has 5 nitrogen and oxygen atoms in total. The fraction of sp³-hybridized carbons (Fsp3) is 0.435. The SMILES string of the molecule is COc1ccc2c(c1)CCCN2C(=O)[C@@H]1CN(C)[C@H]2c3ccccc3OC[C@@H]12. The number of rotatable bonds is 2. The number of ether oxygens (including phenoxy) is 2. The molecule has 5 rings (SSSR count). The van der Waals surface area contributed by atoms with Gasteiger partial charge in [0.25, 0.3) is 0 Å². The van der Waals surface area contributed by atoms with Crippen molar-refractivity contribution in [2.24, 2.45) is 11.8 Å². The summed E-state index contributed by atoms with van der Waals surface area (Å²) in [4.78, 5) is 18.0. The van der Waals surface area contributed by atoms with E-state index < -0.39 is 0 Å². The van der Waals surface area contributed by atoms with Crippen LogP contribution in [0.4, 0.5) is 5.69 Å². The number of benzene rings is 2. The van der Waals surface area contributed by atoms with Gasteiger partial charge >= 0.3 is 0 Å². The number of likely N-dealkylation sites (tertiary alicyclic amines) is 1. The Morgan fingerprint density at radius 1 is 1.21 bits per heavy atom. The first kappa shape index (κ1) is 17.6. The first-order valence-corrected chi connectivity index (χ1v) is 10.1. The zero-order chi connectivity index (χ0) is 19.3. The number of hydrogen-bond donors (Lipinski definition) is 0. The van der Waals surface area contributed by atoms with Gasteiger partial charge in [-0.2, -0.15) is 0 Å². The number of carbonyl (C=O) groups excluding carboxylic acids is 1. The maximum absolute atomic E-state index is 13.6. The second-order valence-corrected chi connectivity index (χ2v) is 8.09. The first-order valence-electron chi connectivity index (χ1n) is 10.1. The van der Waals surface area contributed by atoms with E-state index >= 15 is 0 Å². The van der Waals surface area contributed by atoms with Crippen molar-refractivity contribution < 1.29 is 14.3 Å². The maximum Gasteiger partial charge on any atom is 0.231 e. The second-order valence-electron chi connectivity index (χ2n) is 8.09. The fourth-order valence-corrected chi connectivity index (χ4v) is 5.21. The number of methoxy groups -OCH3 is 1. The van der Waals surface area contributed by atoms with Crippen molar-refractivity contribution in [2.45, 2.75) is 18.9 Å². The van der Waals surface area contributed by atoms with Gasteiger partial charge in [-0.3, -0.25) is 9.69 Å². The highest BCUT2D eigenvalue weighted by molar-refractivity contribution is 5.97. The molecule has 5 heteroatoms. The molecule has 0 aliphatic carbocycles. The summed E-state index contributed by atoms with van der Waals surface area (Å²) in [7, 11) is 3.81. The smallest absolute Gasteiger partial charge is 0.231 e. The summed E-state index contributed by atoms with van der Waals surface area (Å²) >= 11 is 0. The molecule has 146 valence electrons. The number of anilines is 1. The molecule has 3 aliphatic heterocycles. The molecule has 0 spiro atoms. The van der Waals surface area contributed by atoms with Crippen LogP contribution in [0.25, 0.3) is 0 Å². The topological polar surface area (TPSA) is 42.0 Å². The van der Waals surface area contributed by atoms with Crippen molar-refractivity contribution in [3.05, 3.63) is 53.6 Å². The Morgan fingerprint density at radius 2 is 2.07 bits per heavy atom. The number of hydrogen-bond acceptors (Lipinski definition) is 4. The Labute approximate surface area is 165 Å². The standard InChI is InChI=1S/C23H26N2O3/c1-24-13-18(19-14-28-21-8-4-3-7-17(21)22(19)24)23(26)25-11-5-6-15-12-16(27-2)9-10-20(15)25/h3-4,7-10,12,18-19,22H,5-6,11,13-14H2,1-2H3/t18-,19+,22+/m1/s1. The summed E-state index contributed by atoms with van der Waals surface area (Å²) in [6, 6.07) is 14.5. The minimum Gasteiger partial charge on any atom is -0.497 e. The lowest BCUT2D eigenvalue weighted by molar-refractivity contribution is -0.123. The highest BCUT2D eigenvalue weighted by Gasteiger charge is 2.49. The van der Waals surface area contributed by atoms with Gasteiger partial charge in [0.15, 0.2) is 0 Å². The molecule has 0 unspecified atom stereocenters. The number of aryl methyl sites for hydroxylation is 1. The largest absolute Gasteiger partial charge is 0.497 e. The summed E-state index contributed by atoms with van der Waals surface area (Å²) < 4.78 is 11.4. The summed E-state index contributed by atoms with van der Waals surface area (Å²) in [5.74, 6) is 2.19. The molecular formula is C23H26N2O3. The Hall–Kier alpha value is -2.53. The molecule has 0 aromatic heterocycles. The Bertz CT molecular complexity index is 912. The third kappa shape index (κ3) is 2.68. The highest BCUT2D eigenvalue weighted by Crippen LogP contribution is 2.47. The van der Waals surface area contributed by atoms with Crippen LogP contribution in [0.5, 0.6) is 11.5 Å². The van der Waals surface area contributed by atoms with Crippen LogP contribution in [0, 0.1) is 11.8 Å². The molecule has 2 aromatic carbocycles. The summed E-state index contributed by atoms with van der Waals surface area (Å²) in [5.41, 5.74) is 3.45. The predicted octanol–water partition coefficient (Wildman–Crippen LogP) is 3.29. The van der Waals surface area contributed by atoms with Gasteiger partial charge in [-0.25, -0.2) is 0 Å². The number of nitrogens with zero attached hydrogens (tertiary/aromatic N) is 2. The average Bonchev–Trinajstić information content (AvgIpc) is 3.09. The number of carbonyl (C=O) groups is 1. The third-order valence-corrected chi connectivity index (χ3v) is 6.54. The van der Waals surface area contributed by atoms with E-state index in [-0.39, 0.29) is 23.8 Å². The summed E-state index contributed by atoms with van der Waals surface area (Å²) in [5, 5.41) is 0. The van der Waals surface area contributed by atoms with Crippen LogP contribution in [0.3, 0.4) is 0 Å². The van der Waals surface area contributed by atoms with Gasteiger partial charge in [-0.1, -0.05) is 18.2 Å². The van der Waals surface area contributed by atoms with Crippen LogP contribution in [0.1, 0.15) is 23.6 Å². The van der Waals surface area contributed by atoms with Crippen molar-refractivity contribution in [3.8, 4) is 11.5 Å². The van der Waals surface area contributed by atoms with E-state index in [2.05, 4.69) is 30.1 Å². The molecule has 28 heavy (non-hydrogen) atoms. The fourth-order valence-electron chi connectivity index (χ4n) is 5.21. The third-order valence-electron chi connectivity index (χ3n) is 6.54. The molecule has 0 radical (unpaired) electrons. The van der Waals surface area contributed by atoms with Crippen LogP contribution in [0.15, 0.2) is 42.5 Å². The Kier molecular flexibility index (Phi) is 4.27. The van der Waals surface area contributed by atoms with E-state index in [1.165, 1.54) is 11.1 Å². The van der Waals surface area contributed by atoms with Gasteiger partial charge < -0.3 is 14.4 Å². The zero-order valence-corrected chi connectivity index (χ0v) is 16.4. The van der Waals surface area contributed by atoms with Gasteiger partial charge in [-0.15, -0.1) is 0 Å². The van der Waals surface area contributed by atoms with Gasteiger partial charge in [0.2, 0.25) is 5.91 Å². The Morgan fingerprint density at radius 3 is 2.93 bits per heavy atom. The molecule has 2 aromatic rings.